The second kappa shape index (κ2) is 10.5. The molecule has 0 bridgehead atoms. The van der Waals surface area contributed by atoms with Crippen molar-refractivity contribution in [2.24, 2.45) is 5.92 Å². The zero-order chi connectivity index (χ0) is 25.0. The van der Waals surface area contributed by atoms with Crippen molar-refractivity contribution in [2.75, 3.05) is 6.61 Å². The lowest BCUT2D eigenvalue weighted by molar-refractivity contribution is -0.150. The molecule has 35 heavy (non-hydrogen) atoms. The zero-order valence-electron chi connectivity index (χ0n) is 20.4. The molecule has 1 saturated carbocycles. The van der Waals surface area contributed by atoms with E-state index >= 15 is 0 Å². The molecule has 0 spiro atoms. The van der Waals surface area contributed by atoms with Crippen LogP contribution in [0.25, 0.3) is 11.1 Å². The van der Waals surface area contributed by atoms with Crippen molar-refractivity contribution in [2.45, 2.75) is 69.9 Å². The van der Waals surface area contributed by atoms with Crippen molar-refractivity contribution in [3.8, 4) is 11.1 Å². The van der Waals surface area contributed by atoms with E-state index in [1.54, 1.807) is 0 Å². The van der Waals surface area contributed by atoms with E-state index in [9.17, 15) is 19.5 Å². The summed E-state index contributed by atoms with van der Waals surface area (Å²) in [6.45, 7) is 4.08. The van der Waals surface area contributed by atoms with Crippen molar-refractivity contribution in [1.29, 1.82) is 0 Å². The molecule has 186 valence electrons. The standard InChI is InChI=1S/C28H34N2O5/c1-3-19(15-25(31)30-28(26(32)33)14-8-9-18(2)16-28)29-27(34)35-17-24-22-12-6-4-10-20(22)21-11-5-7-13-23(21)24/h4-7,10-13,18-19,24H,3,8-9,14-17H2,1-2H3,(H,29,34)(H,30,31)(H,32,33)/t18?,19-,28?/m1/s1. The highest BCUT2D eigenvalue weighted by Crippen LogP contribution is 2.44. The van der Waals surface area contributed by atoms with E-state index in [-0.39, 0.29) is 30.8 Å². The molecule has 0 aliphatic heterocycles. The number of carboxylic acids is 1. The Morgan fingerprint density at radius 3 is 2.29 bits per heavy atom. The Balaban J connectivity index is 1.34. The summed E-state index contributed by atoms with van der Waals surface area (Å²) < 4.78 is 5.60. The van der Waals surface area contributed by atoms with Crippen LogP contribution in [0.4, 0.5) is 4.79 Å². The van der Waals surface area contributed by atoms with Gasteiger partial charge in [-0.2, -0.15) is 0 Å². The summed E-state index contributed by atoms with van der Waals surface area (Å²) in [6, 6.07) is 15.8. The van der Waals surface area contributed by atoms with E-state index in [2.05, 4.69) is 34.9 Å². The van der Waals surface area contributed by atoms with Gasteiger partial charge < -0.3 is 20.5 Å². The Bertz CT molecular complexity index is 1050. The topological polar surface area (TPSA) is 105 Å². The van der Waals surface area contributed by atoms with Crippen LogP contribution in [0.15, 0.2) is 48.5 Å². The van der Waals surface area contributed by atoms with Crippen LogP contribution in [0.1, 0.15) is 69.4 Å². The monoisotopic (exact) mass is 478 g/mol. The van der Waals surface area contributed by atoms with Crippen molar-refractivity contribution >= 4 is 18.0 Å². The fraction of sp³-hybridized carbons (Fsp3) is 0.464. The molecule has 2 aliphatic carbocycles. The van der Waals surface area contributed by atoms with Gasteiger partial charge in [0.2, 0.25) is 5.91 Å². The number of ether oxygens (including phenoxy) is 1. The van der Waals surface area contributed by atoms with Gasteiger partial charge in [-0.3, -0.25) is 4.79 Å². The highest BCUT2D eigenvalue weighted by molar-refractivity contribution is 5.87. The van der Waals surface area contributed by atoms with Gasteiger partial charge >= 0.3 is 12.1 Å². The van der Waals surface area contributed by atoms with Crippen LogP contribution in [0, 0.1) is 5.92 Å². The van der Waals surface area contributed by atoms with E-state index in [1.165, 1.54) is 0 Å². The van der Waals surface area contributed by atoms with Crippen LogP contribution in [0.3, 0.4) is 0 Å². The first-order valence-electron chi connectivity index (χ1n) is 12.5. The lowest BCUT2D eigenvalue weighted by Gasteiger charge is -2.37. The minimum absolute atomic E-state index is 0.00407. The smallest absolute Gasteiger partial charge is 0.407 e. The number of hydrogen-bond donors (Lipinski definition) is 3. The molecule has 3 N–H and O–H groups in total. The number of benzene rings is 2. The summed E-state index contributed by atoms with van der Waals surface area (Å²) in [7, 11) is 0. The van der Waals surface area contributed by atoms with Gasteiger partial charge in [0, 0.05) is 18.4 Å². The molecular formula is C28H34N2O5. The van der Waals surface area contributed by atoms with Gasteiger partial charge in [0.25, 0.3) is 0 Å². The number of hydrogen-bond acceptors (Lipinski definition) is 4. The molecular weight excluding hydrogens is 444 g/mol. The number of rotatable bonds is 8. The van der Waals surface area contributed by atoms with Crippen LogP contribution in [-0.2, 0) is 14.3 Å². The van der Waals surface area contributed by atoms with E-state index in [4.69, 9.17) is 4.74 Å². The van der Waals surface area contributed by atoms with Crippen LogP contribution < -0.4 is 10.6 Å². The Labute approximate surface area is 206 Å². The minimum Gasteiger partial charge on any atom is -0.480 e. The molecule has 7 heteroatoms. The lowest BCUT2D eigenvalue weighted by Crippen LogP contribution is -2.57. The quantitative estimate of drug-likeness (QED) is 0.503. The first kappa shape index (κ1) is 24.8. The summed E-state index contributed by atoms with van der Waals surface area (Å²) in [4.78, 5) is 37.3. The highest BCUT2D eigenvalue weighted by atomic mass is 16.5. The number of carbonyl (C=O) groups is 3. The van der Waals surface area contributed by atoms with Gasteiger partial charge in [0.15, 0.2) is 0 Å². The molecule has 7 nitrogen and oxygen atoms in total. The average Bonchev–Trinajstić information content (AvgIpc) is 3.16. The van der Waals surface area contributed by atoms with Crippen LogP contribution >= 0.6 is 0 Å². The Kier molecular flexibility index (Phi) is 7.43. The van der Waals surface area contributed by atoms with Gasteiger partial charge in [-0.15, -0.1) is 0 Å². The SMILES string of the molecule is CC[C@H](CC(=O)NC1(C(=O)O)CCCC(C)C1)NC(=O)OCC1c2ccccc2-c2ccccc21. The number of carboxylic acid groups (broad SMARTS) is 1. The van der Waals surface area contributed by atoms with Crippen LogP contribution in [-0.4, -0.2) is 41.3 Å². The first-order valence-corrected chi connectivity index (χ1v) is 12.5. The third-order valence-electron chi connectivity index (χ3n) is 7.38. The van der Waals surface area contributed by atoms with Gasteiger partial charge in [-0.05, 0) is 47.4 Å². The molecule has 0 radical (unpaired) electrons. The fourth-order valence-electron chi connectivity index (χ4n) is 5.56. The maximum atomic E-state index is 12.8. The molecule has 0 aromatic heterocycles. The summed E-state index contributed by atoms with van der Waals surface area (Å²) in [6.07, 6.45) is 2.53. The van der Waals surface area contributed by atoms with Crippen molar-refractivity contribution in [3.05, 3.63) is 59.7 Å². The van der Waals surface area contributed by atoms with Crippen molar-refractivity contribution < 1.29 is 24.2 Å². The molecule has 2 aromatic carbocycles. The molecule has 2 aliphatic rings. The van der Waals surface area contributed by atoms with Crippen LogP contribution in [0.2, 0.25) is 0 Å². The molecule has 1 fully saturated rings. The second-order valence-corrected chi connectivity index (χ2v) is 9.92. The zero-order valence-corrected chi connectivity index (χ0v) is 20.4. The molecule has 2 amide bonds. The predicted octanol–water partition coefficient (Wildman–Crippen LogP) is 4.84. The van der Waals surface area contributed by atoms with Crippen molar-refractivity contribution in [1.82, 2.24) is 10.6 Å². The summed E-state index contributed by atoms with van der Waals surface area (Å²) in [5, 5.41) is 15.4. The Morgan fingerprint density at radius 2 is 1.71 bits per heavy atom. The van der Waals surface area contributed by atoms with Gasteiger partial charge in [-0.25, -0.2) is 9.59 Å². The maximum absolute atomic E-state index is 12.8. The normalized spacial score (nSPS) is 21.9. The number of nitrogens with one attached hydrogen (secondary N) is 2. The second-order valence-electron chi connectivity index (χ2n) is 9.92. The summed E-state index contributed by atoms with van der Waals surface area (Å²) in [5.74, 6) is -1.16. The number of fused-ring (bicyclic) bond motifs is 3. The maximum Gasteiger partial charge on any atom is 0.407 e. The summed E-state index contributed by atoms with van der Waals surface area (Å²) >= 11 is 0. The van der Waals surface area contributed by atoms with E-state index in [1.807, 2.05) is 38.1 Å². The average molecular weight is 479 g/mol. The molecule has 2 unspecified atom stereocenters. The number of carbonyl (C=O) groups excluding carboxylic acids is 2. The minimum atomic E-state index is -1.23. The third-order valence-corrected chi connectivity index (χ3v) is 7.38. The van der Waals surface area contributed by atoms with E-state index in [0.29, 0.717) is 19.3 Å². The van der Waals surface area contributed by atoms with E-state index < -0.39 is 23.6 Å². The molecule has 3 atom stereocenters. The first-order chi connectivity index (χ1) is 16.8. The fourth-order valence-corrected chi connectivity index (χ4v) is 5.56. The third kappa shape index (κ3) is 5.34. The van der Waals surface area contributed by atoms with Gasteiger partial charge in [0.1, 0.15) is 12.1 Å². The lowest BCUT2D eigenvalue weighted by atomic mass is 9.76. The molecule has 0 heterocycles. The largest absolute Gasteiger partial charge is 0.480 e. The van der Waals surface area contributed by atoms with E-state index in [0.717, 1.165) is 35.1 Å². The van der Waals surface area contributed by atoms with Crippen LogP contribution in [0.5, 0.6) is 0 Å². The molecule has 2 aromatic rings. The van der Waals surface area contributed by atoms with Gasteiger partial charge in [0.05, 0.1) is 0 Å². The molecule has 0 saturated heterocycles. The number of amides is 2. The Morgan fingerprint density at radius 1 is 1.09 bits per heavy atom. The van der Waals surface area contributed by atoms with Crippen molar-refractivity contribution in [3.63, 3.8) is 0 Å². The highest BCUT2D eigenvalue weighted by Gasteiger charge is 2.43. The predicted molar refractivity (Wildman–Crippen MR) is 133 cm³/mol. The number of aliphatic carboxylic acids is 1. The molecule has 4 rings (SSSR count). The number of alkyl carbamates (subject to hydrolysis) is 1. The Hall–Kier alpha value is -3.35. The summed E-state index contributed by atoms with van der Waals surface area (Å²) in [5.41, 5.74) is 3.35. The van der Waals surface area contributed by atoms with Gasteiger partial charge in [-0.1, -0.05) is 75.2 Å².